The van der Waals surface area contributed by atoms with Gasteiger partial charge in [-0.05, 0) is 54.7 Å². The van der Waals surface area contributed by atoms with Crippen LogP contribution >= 0.6 is 0 Å². The normalized spacial score (nSPS) is 18.0. The molecule has 0 unspecified atom stereocenters. The molecule has 0 aromatic heterocycles. The summed E-state index contributed by atoms with van der Waals surface area (Å²) >= 11 is 0. The molecule has 2 aliphatic rings. The van der Waals surface area contributed by atoms with Gasteiger partial charge in [-0.1, -0.05) is 25.1 Å². The molecule has 5 nitrogen and oxygen atoms in total. The Morgan fingerprint density at radius 2 is 1.68 bits per heavy atom. The van der Waals surface area contributed by atoms with Gasteiger partial charge in [0.25, 0.3) is 0 Å². The lowest BCUT2D eigenvalue weighted by atomic mass is 10.1. The van der Waals surface area contributed by atoms with Crippen molar-refractivity contribution in [3.63, 3.8) is 0 Å². The zero-order valence-corrected chi connectivity index (χ0v) is 14.9. The molecular formula is C19H21NO4S. The maximum absolute atomic E-state index is 12.8. The largest absolute Gasteiger partial charge is 0.486 e. The van der Waals surface area contributed by atoms with Crippen molar-refractivity contribution < 1.29 is 17.9 Å². The first-order valence-electron chi connectivity index (χ1n) is 8.55. The summed E-state index contributed by atoms with van der Waals surface area (Å²) in [7, 11) is -3.57. The third kappa shape index (κ3) is 3.12. The Balaban J connectivity index is 1.60. The first-order valence-corrected chi connectivity index (χ1v) is 10.0. The molecule has 0 radical (unpaired) electrons. The highest BCUT2D eigenvalue weighted by Crippen LogP contribution is 2.48. The molecule has 1 fully saturated rings. The van der Waals surface area contributed by atoms with Crippen molar-refractivity contribution >= 4 is 10.0 Å². The molecule has 6 heteroatoms. The van der Waals surface area contributed by atoms with Crippen LogP contribution in [0.5, 0.6) is 11.5 Å². The van der Waals surface area contributed by atoms with E-state index in [4.69, 9.17) is 9.47 Å². The highest BCUT2D eigenvalue weighted by Gasteiger charge is 2.48. The van der Waals surface area contributed by atoms with Crippen LogP contribution in [0.15, 0.2) is 47.4 Å². The fourth-order valence-corrected chi connectivity index (χ4v) is 4.58. The minimum absolute atomic E-state index is 0.300. The predicted molar refractivity (Wildman–Crippen MR) is 94.5 cm³/mol. The monoisotopic (exact) mass is 359 g/mol. The van der Waals surface area contributed by atoms with Gasteiger partial charge < -0.3 is 9.47 Å². The molecule has 1 heterocycles. The number of nitrogens with one attached hydrogen (secondary N) is 1. The number of aryl methyl sites for hydroxylation is 1. The van der Waals surface area contributed by atoms with Gasteiger partial charge in [0.05, 0.1) is 10.4 Å². The van der Waals surface area contributed by atoms with E-state index >= 15 is 0 Å². The summed E-state index contributed by atoms with van der Waals surface area (Å²) < 4.78 is 39.6. The van der Waals surface area contributed by atoms with E-state index in [-0.39, 0.29) is 0 Å². The minimum Gasteiger partial charge on any atom is -0.486 e. The van der Waals surface area contributed by atoms with Crippen LogP contribution in [0, 0.1) is 0 Å². The molecule has 132 valence electrons. The molecule has 0 atom stereocenters. The number of hydrogen-bond acceptors (Lipinski definition) is 4. The van der Waals surface area contributed by atoms with Gasteiger partial charge in [0.2, 0.25) is 10.0 Å². The number of rotatable bonds is 5. The molecule has 25 heavy (non-hydrogen) atoms. The summed E-state index contributed by atoms with van der Waals surface area (Å²) in [6, 6.07) is 12.7. The van der Waals surface area contributed by atoms with E-state index in [9.17, 15) is 8.42 Å². The average molecular weight is 359 g/mol. The van der Waals surface area contributed by atoms with Crippen LogP contribution in [0.3, 0.4) is 0 Å². The maximum atomic E-state index is 12.8. The molecule has 2 aromatic rings. The standard InChI is InChI=1S/C19H21NO4S/c1-2-14-3-6-16(7-4-14)25(21,22)20-19(9-10-19)15-5-8-17-18(13-15)24-12-11-23-17/h3-8,13,20H,2,9-12H2,1H3. The zero-order valence-electron chi connectivity index (χ0n) is 14.1. The summed E-state index contributed by atoms with van der Waals surface area (Å²) in [5.74, 6) is 1.39. The Labute approximate surface area is 148 Å². The second-order valence-corrected chi connectivity index (χ2v) is 8.23. The minimum atomic E-state index is -3.57. The molecule has 0 spiro atoms. The summed E-state index contributed by atoms with van der Waals surface area (Å²) in [5, 5.41) is 0. The Morgan fingerprint density at radius 3 is 2.32 bits per heavy atom. The van der Waals surface area contributed by atoms with E-state index in [1.165, 1.54) is 0 Å². The number of hydrogen-bond donors (Lipinski definition) is 1. The lowest BCUT2D eigenvalue weighted by Gasteiger charge is -2.22. The lowest BCUT2D eigenvalue weighted by Crippen LogP contribution is -2.35. The topological polar surface area (TPSA) is 64.6 Å². The van der Waals surface area contributed by atoms with Gasteiger partial charge in [-0.2, -0.15) is 0 Å². The molecule has 1 aliphatic carbocycles. The second kappa shape index (κ2) is 6.04. The van der Waals surface area contributed by atoms with Gasteiger partial charge >= 0.3 is 0 Å². The zero-order chi connectivity index (χ0) is 17.5. The van der Waals surface area contributed by atoms with Crippen LogP contribution in [0.1, 0.15) is 30.9 Å². The van der Waals surface area contributed by atoms with Crippen molar-refractivity contribution in [2.45, 2.75) is 36.6 Å². The Hall–Kier alpha value is -2.05. The number of sulfonamides is 1. The van der Waals surface area contributed by atoms with Crippen molar-refractivity contribution in [2.24, 2.45) is 0 Å². The predicted octanol–water partition coefficient (Wildman–Crippen LogP) is 2.99. The van der Waals surface area contributed by atoms with Crippen molar-refractivity contribution in [3.05, 3.63) is 53.6 Å². The molecule has 1 N–H and O–H groups in total. The molecule has 0 amide bonds. The third-order valence-corrected chi connectivity index (χ3v) is 6.37. The van der Waals surface area contributed by atoms with Crippen molar-refractivity contribution in [1.29, 1.82) is 0 Å². The lowest BCUT2D eigenvalue weighted by molar-refractivity contribution is 0.171. The Morgan fingerprint density at radius 1 is 1.00 bits per heavy atom. The van der Waals surface area contributed by atoms with E-state index in [1.807, 2.05) is 37.3 Å². The fraction of sp³-hybridized carbons (Fsp3) is 0.368. The first-order chi connectivity index (χ1) is 12.0. The smallest absolute Gasteiger partial charge is 0.241 e. The quantitative estimate of drug-likeness (QED) is 0.891. The molecule has 0 bridgehead atoms. The van der Waals surface area contributed by atoms with Gasteiger partial charge in [0.15, 0.2) is 11.5 Å². The van der Waals surface area contributed by atoms with E-state index in [1.54, 1.807) is 12.1 Å². The molecular weight excluding hydrogens is 338 g/mol. The first kappa shape index (κ1) is 16.4. The van der Waals surface area contributed by atoms with E-state index in [2.05, 4.69) is 4.72 Å². The van der Waals surface area contributed by atoms with E-state index in [0.717, 1.165) is 30.4 Å². The van der Waals surface area contributed by atoms with Gasteiger partial charge in [-0.15, -0.1) is 0 Å². The molecule has 0 saturated heterocycles. The SMILES string of the molecule is CCc1ccc(S(=O)(=O)NC2(c3ccc4c(c3)OCCO4)CC2)cc1. The third-order valence-electron chi connectivity index (χ3n) is 4.82. The summed E-state index contributed by atoms with van der Waals surface area (Å²) in [6.07, 6.45) is 2.44. The maximum Gasteiger partial charge on any atom is 0.241 e. The van der Waals surface area contributed by atoms with E-state index < -0.39 is 15.6 Å². The number of fused-ring (bicyclic) bond motifs is 1. The second-order valence-electron chi connectivity index (χ2n) is 6.54. The van der Waals surface area contributed by atoms with Crippen molar-refractivity contribution in [2.75, 3.05) is 13.2 Å². The Kier molecular flexibility index (Phi) is 3.96. The number of ether oxygens (including phenoxy) is 2. The fourth-order valence-electron chi connectivity index (χ4n) is 3.14. The highest BCUT2D eigenvalue weighted by atomic mass is 32.2. The van der Waals surface area contributed by atoms with Crippen LogP contribution in [0.4, 0.5) is 0 Å². The molecule has 2 aromatic carbocycles. The van der Waals surface area contributed by atoms with Crippen LogP contribution < -0.4 is 14.2 Å². The van der Waals surface area contributed by atoms with Gasteiger partial charge in [-0.3, -0.25) is 0 Å². The average Bonchev–Trinajstić information content (AvgIpc) is 3.41. The van der Waals surface area contributed by atoms with Crippen LogP contribution in [-0.2, 0) is 22.0 Å². The molecule has 1 aliphatic heterocycles. The van der Waals surface area contributed by atoms with Crippen molar-refractivity contribution in [1.82, 2.24) is 4.72 Å². The van der Waals surface area contributed by atoms with E-state index in [0.29, 0.717) is 29.6 Å². The van der Waals surface area contributed by atoms with Crippen LogP contribution in [0.2, 0.25) is 0 Å². The number of benzene rings is 2. The Bertz CT molecular complexity index is 886. The summed E-state index contributed by atoms with van der Waals surface area (Å²) in [5.41, 5.74) is 1.50. The van der Waals surface area contributed by atoms with Crippen molar-refractivity contribution in [3.8, 4) is 11.5 Å². The summed E-state index contributed by atoms with van der Waals surface area (Å²) in [6.45, 7) is 3.10. The highest BCUT2D eigenvalue weighted by molar-refractivity contribution is 7.89. The van der Waals surface area contributed by atoms with Gasteiger partial charge in [0, 0.05) is 0 Å². The van der Waals surface area contributed by atoms with Crippen LogP contribution in [-0.4, -0.2) is 21.6 Å². The van der Waals surface area contributed by atoms with Gasteiger partial charge in [0.1, 0.15) is 13.2 Å². The van der Waals surface area contributed by atoms with Gasteiger partial charge in [-0.25, -0.2) is 13.1 Å². The van der Waals surface area contributed by atoms with Crippen LogP contribution in [0.25, 0.3) is 0 Å². The molecule has 4 rings (SSSR count). The molecule has 1 saturated carbocycles. The summed E-state index contributed by atoms with van der Waals surface area (Å²) in [4.78, 5) is 0.300.